The van der Waals surface area contributed by atoms with Gasteiger partial charge in [0.05, 0.1) is 4.92 Å². The van der Waals surface area contributed by atoms with E-state index in [1.54, 1.807) is 12.1 Å². The predicted molar refractivity (Wildman–Crippen MR) is 81.6 cm³/mol. The zero-order chi connectivity index (χ0) is 14.8. The van der Waals surface area contributed by atoms with Crippen molar-refractivity contribution in [3.05, 3.63) is 27.9 Å². The molecule has 6 heteroatoms. The van der Waals surface area contributed by atoms with Crippen LogP contribution in [0.25, 0.3) is 0 Å². The van der Waals surface area contributed by atoms with E-state index in [1.807, 2.05) is 6.92 Å². The zero-order valence-corrected chi connectivity index (χ0v) is 12.4. The van der Waals surface area contributed by atoms with Gasteiger partial charge >= 0.3 is 5.69 Å². The number of piperidine rings is 1. The van der Waals surface area contributed by atoms with Crippen molar-refractivity contribution in [3.63, 3.8) is 0 Å². The topological polar surface area (TPSA) is 71.3 Å². The van der Waals surface area contributed by atoms with E-state index >= 15 is 0 Å². The largest absolute Gasteiger partial charge is 0.351 e. The maximum Gasteiger partial charge on any atom is 0.311 e. The Morgan fingerprint density at radius 2 is 2.24 bits per heavy atom. The van der Waals surface area contributed by atoms with Gasteiger partial charge in [-0.3, -0.25) is 10.1 Å². The Morgan fingerprint density at radius 1 is 1.38 bits per heavy atom. The first kappa shape index (κ1) is 14.3. The Bertz CT molecular complexity index is 528. The molecule has 2 unspecified atom stereocenters. The molecule has 0 amide bonds. The Hall–Kier alpha value is -1.69. The Kier molecular flexibility index (Phi) is 4.05. The van der Waals surface area contributed by atoms with E-state index in [4.69, 9.17) is 0 Å². The normalized spacial score (nSPS) is 26.0. The molecule has 114 valence electrons. The molecule has 3 heterocycles. The van der Waals surface area contributed by atoms with E-state index in [0.29, 0.717) is 17.8 Å². The first-order chi connectivity index (χ1) is 10.1. The van der Waals surface area contributed by atoms with E-state index in [-0.39, 0.29) is 10.6 Å². The molecular weight excluding hydrogens is 268 g/mol. The van der Waals surface area contributed by atoms with Gasteiger partial charge in [-0.25, -0.2) is 4.98 Å². The number of hydrogen-bond acceptors (Lipinski definition) is 5. The predicted octanol–water partition coefficient (Wildman–Crippen LogP) is 2.27. The van der Waals surface area contributed by atoms with Gasteiger partial charge in [0.15, 0.2) is 0 Å². The minimum absolute atomic E-state index is 0.126. The molecule has 0 aromatic carbocycles. The third-order valence-electron chi connectivity index (χ3n) is 4.62. The second-order valence-electron chi connectivity index (χ2n) is 6.10. The number of aromatic nitrogens is 1. The molecule has 0 bridgehead atoms. The third kappa shape index (κ3) is 3.00. The molecule has 2 aliphatic heterocycles. The van der Waals surface area contributed by atoms with Crippen LogP contribution in [0.3, 0.4) is 0 Å². The van der Waals surface area contributed by atoms with Crippen LogP contribution in [0.1, 0.15) is 31.4 Å². The van der Waals surface area contributed by atoms with Gasteiger partial charge in [-0.15, -0.1) is 0 Å². The van der Waals surface area contributed by atoms with Crippen molar-refractivity contribution in [3.8, 4) is 0 Å². The molecule has 1 aromatic heterocycles. The lowest BCUT2D eigenvalue weighted by Gasteiger charge is -2.36. The lowest BCUT2D eigenvalue weighted by atomic mass is 9.89. The molecule has 0 radical (unpaired) electrons. The summed E-state index contributed by atoms with van der Waals surface area (Å²) in [5.41, 5.74) is 0.956. The van der Waals surface area contributed by atoms with Crippen LogP contribution in [-0.4, -0.2) is 35.6 Å². The van der Waals surface area contributed by atoms with Gasteiger partial charge < -0.3 is 10.2 Å². The maximum absolute atomic E-state index is 11.2. The van der Waals surface area contributed by atoms with Crippen molar-refractivity contribution in [1.29, 1.82) is 0 Å². The number of nitro groups is 1. The molecule has 2 atom stereocenters. The van der Waals surface area contributed by atoms with Crippen molar-refractivity contribution in [2.45, 2.75) is 38.6 Å². The van der Waals surface area contributed by atoms with Crippen LogP contribution in [0.5, 0.6) is 0 Å². The zero-order valence-electron chi connectivity index (χ0n) is 12.4. The summed E-state index contributed by atoms with van der Waals surface area (Å²) in [6.07, 6.45) is 4.75. The van der Waals surface area contributed by atoms with E-state index in [9.17, 15) is 10.1 Å². The van der Waals surface area contributed by atoms with Crippen LogP contribution in [0, 0.1) is 23.0 Å². The summed E-state index contributed by atoms with van der Waals surface area (Å²) in [5.74, 6) is 1.12. The fourth-order valence-electron chi connectivity index (χ4n) is 3.56. The summed E-state index contributed by atoms with van der Waals surface area (Å²) in [4.78, 5) is 17.5. The monoisotopic (exact) mass is 290 g/mol. The number of nitrogens with zero attached hydrogens (tertiary/aromatic N) is 3. The first-order valence-electron chi connectivity index (χ1n) is 7.75. The minimum Gasteiger partial charge on any atom is -0.351 e. The SMILES string of the molecule is Cc1ccc([N+](=O)[O-])c(N2CCCC(C3CCCN3)C2)n1. The summed E-state index contributed by atoms with van der Waals surface area (Å²) < 4.78 is 0. The molecule has 0 spiro atoms. The highest BCUT2D eigenvalue weighted by Crippen LogP contribution is 2.32. The van der Waals surface area contributed by atoms with Crippen molar-refractivity contribution in [2.75, 3.05) is 24.5 Å². The smallest absolute Gasteiger partial charge is 0.311 e. The number of aryl methyl sites for hydroxylation is 1. The van der Waals surface area contributed by atoms with Crippen molar-refractivity contribution in [1.82, 2.24) is 10.3 Å². The van der Waals surface area contributed by atoms with E-state index < -0.39 is 0 Å². The number of anilines is 1. The van der Waals surface area contributed by atoms with E-state index in [0.717, 1.165) is 31.7 Å². The van der Waals surface area contributed by atoms with Gasteiger partial charge in [-0.2, -0.15) is 0 Å². The first-order valence-corrected chi connectivity index (χ1v) is 7.75. The van der Waals surface area contributed by atoms with Crippen molar-refractivity contribution >= 4 is 11.5 Å². The quantitative estimate of drug-likeness (QED) is 0.683. The summed E-state index contributed by atoms with van der Waals surface area (Å²) in [6, 6.07) is 3.85. The number of nitrogens with one attached hydrogen (secondary N) is 1. The molecule has 2 aliphatic rings. The van der Waals surface area contributed by atoms with Crippen molar-refractivity contribution in [2.24, 2.45) is 5.92 Å². The van der Waals surface area contributed by atoms with Gasteiger partial charge in [0.2, 0.25) is 5.82 Å². The molecule has 2 saturated heterocycles. The highest BCUT2D eigenvalue weighted by Gasteiger charge is 2.32. The summed E-state index contributed by atoms with van der Waals surface area (Å²) in [7, 11) is 0. The Balaban J connectivity index is 1.82. The van der Waals surface area contributed by atoms with Crippen LogP contribution >= 0.6 is 0 Å². The highest BCUT2D eigenvalue weighted by molar-refractivity contribution is 5.58. The number of hydrogen-bond donors (Lipinski definition) is 1. The Labute approximate surface area is 124 Å². The van der Waals surface area contributed by atoms with E-state index in [2.05, 4.69) is 15.2 Å². The van der Waals surface area contributed by atoms with Crippen LogP contribution in [0.15, 0.2) is 12.1 Å². The summed E-state index contributed by atoms with van der Waals surface area (Å²) in [6.45, 7) is 4.71. The lowest BCUT2D eigenvalue weighted by Crippen LogP contribution is -2.44. The molecule has 0 saturated carbocycles. The van der Waals surface area contributed by atoms with Crippen LogP contribution < -0.4 is 10.2 Å². The van der Waals surface area contributed by atoms with Crippen LogP contribution in [0.4, 0.5) is 11.5 Å². The maximum atomic E-state index is 11.2. The van der Waals surface area contributed by atoms with Gasteiger partial charge in [0.1, 0.15) is 0 Å². The van der Waals surface area contributed by atoms with Gasteiger partial charge in [0.25, 0.3) is 0 Å². The second kappa shape index (κ2) is 5.97. The molecular formula is C15H22N4O2. The molecule has 3 rings (SSSR count). The van der Waals surface area contributed by atoms with Crippen LogP contribution in [0.2, 0.25) is 0 Å². The fourth-order valence-corrected chi connectivity index (χ4v) is 3.56. The van der Waals surface area contributed by atoms with Crippen molar-refractivity contribution < 1.29 is 4.92 Å². The molecule has 2 fully saturated rings. The second-order valence-corrected chi connectivity index (χ2v) is 6.10. The average molecular weight is 290 g/mol. The Morgan fingerprint density at radius 3 is 2.95 bits per heavy atom. The molecule has 21 heavy (non-hydrogen) atoms. The molecule has 0 aliphatic carbocycles. The molecule has 6 nitrogen and oxygen atoms in total. The summed E-state index contributed by atoms with van der Waals surface area (Å²) >= 11 is 0. The molecule has 1 aromatic rings. The number of pyridine rings is 1. The van der Waals surface area contributed by atoms with Crippen LogP contribution in [-0.2, 0) is 0 Å². The van der Waals surface area contributed by atoms with E-state index in [1.165, 1.54) is 19.3 Å². The third-order valence-corrected chi connectivity index (χ3v) is 4.62. The van der Waals surface area contributed by atoms with Gasteiger partial charge in [-0.1, -0.05) is 0 Å². The summed E-state index contributed by atoms with van der Waals surface area (Å²) in [5, 5.41) is 14.8. The standard InChI is InChI=1S/C15H22N4O2/c1-11-6-7-14(19(20)21)15(17-11)18-9-3-4-12(10-18)13-5-2-8-16-13/h6-7,12-13,16H,2-5,8-10H2,1H3. The highest BCUT2D eigenvalue weighted by atomic mass is 16.6. The fraction of sp³-hybridized carbons (Fsp3) is 0.667. The number of rotatable bonds is 3. The lowest BCUT2D eigenvalue weighted by molar-refractivity contribution is -0.384. The van der Waals surface area contributed by atoms with Gasteiger partial charge in [-0.05, 0) is 51.1 Å². The van der Waals surface area contributed by atoms with Gasteiger partial charge in [0, 0.05) is 30.9 Å². The minimum atomic E-state index is -0.320. The average Bonchev–Trinajstić information content (AvgIpc) is 3.01. The molecule has 1 N–H and O–H groups in total.